The van der Waals surface area contributed by atoms with Crippen LogP contribution in [0.5, 0.6) is 0 Å². The van der Waals surface area contributed by atoms with Gasteiger partial charge in [-0.05, 0) is 44.6 Å². The number of furan rings is 1. The molecule has 0 aliphatic heterocycles. The average Bonchev–Trinajstić information content (AvgIpc) is 3.08. The van der Waals surface area contributed by atoms with E-state index in [4.69, 9.17) is 4.42 Å². The molecule has 0 aromatic carbocycles. The fourth-order valence-corrected chi connectivity index (χ4v) is 3.52. The molecule has 1 aliphatic rings. The highest BCUT2D eigenvalue weighted by Gasteiger charge is 2.25. The van der Waals surface area contributed by atoms with Crippen LogP contribution in [0.4, 0.5) is 4.79 Å². The van der Waals surface area contributed by atoms with Crippen molar-refractivity contribution >= 4 is 17.8 Å². The maximum atomic E-state index is 11.9. The second kappa shape index (κ2) is 7.75. The van der Waals surface area contributed by atoms with E-state index in [-0.39, 0.29) is 18.1 Å². The van der Waals surface area contributed by atoms with Gasteiger partial charge >= 0.3 is 6.03 Å². The molecular formula is C15H24N2O3S. The Morgan fingerprint density at radius 1 is 1.57 bits per heavy atom. The van der Waals surface area contributed by atoms with Crippen LogP contribution in [0.3, 0.4) is 0 Å². The molecule has 1 heterocycles. The first kappa shape index (κ1) is 16.2. The minimum Gasteiger partial charge on any atom is -0.467 e. The van der Waals surface area contributed by atoms with Gasteiger partial charge in [-0.25, -0.2) is 4.79 Å². The van der Waals surface area contributed by atoms with E-state index in [1.165, 1.54) is 12.7 Å². The van der Waals surface area contributed by atoms with E-state index in [0.717, 1.165) is 12.8 Å². The van der Waals surface area contributed by atoms with Crippen molar-refractivity contribution in [1.82, 2.24) is 10.6 Å². The molecule has 2 amide bonds. The molecule has 0 unspecified atom stereocenters. The molecule has 0 radical (unpaired) electrons. The molecular weight excluding hydrogens is 288 g/mol. The average molecular weight is 312 g/mol. The summed E-state index contributed by atoms with van der Waals surface area (Å²) in [7, 11) is 0. The summed E-state index contributed by atoms with van der Waals surface area (Å²) in [6, 6.07) is 3.47. The number of rotatable bonds is 6. The summed E-state index contributed by atoms with van der Waals surface area (Å²) in [5.74, 6) is 0.530. The second-order valence-electron chi connectivity index (χ2n) is 5.65. The van der Waals surface area contributed by atoms with Crippen LogP contribution >= 0.6 is 11.8 Å². The Labute approximate surface area is 129 Å². The topological polar surface area (TPSA) is 74.5 Å². The number of hydrogen-bond donors (Lipinski definition) is 3. The van der Waals surface area contributed by atoms with Crippen LogP contribution in [-0.4, -0.2) is 34.7 Å². The van der Waals surface area contributed by atoms with E-state index in [1.54, 1.807) is 12.1 Å². The quantitative estimate of drug-likeness (QED) is 0.755. The van der Waals surface area contributed by atoms with Crippen molar-refractivity contribution in [3.63, 3.8) is 0 Å². The lowest BCUT2D eigenvalue weighted by Gasteiger charge is -2.19. The van der Waals surface area contributed by atoms with E-state index in [1.807, 2.05) is 18.7 Å². The lowest BCUT2D eigenvalue weighted by Crippen LogP contribution is -2.45. The summed E-state index contributed by atoms with van der Waals surface area (Å²) in [4.78, 5) is 11.9. The van der Waals surface area contributed by atoms with Gasteiger partial charge in [0, 0.05) is 23.8 Å². The highest BCUT2D eigenvalue weighted by Crippen LogP contribution is 2.28. The molecule has 1 aliphatic carbocycles. The smallest absolute Gasteiger partial charge is 0.315 e. The summed E-state index contributed by atoms with van der Waals surface area (Å²) < 4.78 is 5.15. The molecule has 1 aromatic heterocycles. The summed E-state index contributed by atoms with van der Waals surface area (Å²) in [6.45, 7) is 1.88. The third kappa shape index (κ3) is 4.97. The van der Waals surface area contributed by atoms with Gasteiger partial charge in [-0.15, -0.1) is 0 Å². The minimum atomic E-state index is -0.692. The van der Waals surface area contributed by atoms with Gasteiger partial charge in [0.05, 0.1) is 6.26 Å². The molecule has 1 aromatic rings. The van der Waals surface area contributed by atoms with E-state index in [0.29, 0.717) is 17.4 Å². The van der Waals surface area contributed by atoms with E-state index < -0.39 is 6.10 Å². The number of aliphatic hydroxyl groups excluding tert-OH is 1. The molecule has 1 fully saturated rings. The SMILES string of the molecule is CS[C@@H]1CC[C@H](NC(=O)N[C@@H](C)C[C@@H](O)c2ccco2)C1. The fraction of sp³-hybridized carbons (Fsp3) is 0.667. The molecule has 6 heteroatoms. The fourth-order valence-electron chi connectivity index (χ4n) is 2.73. The first-order valence-electron chi connectivity index (χ1n) is 7.39. The number of carbonyl (C=O) groups is 1. The van der Waals surface area contributed by atoms with Crippen molar-refractivity contribution in [2.75, 3.05) is 6.26 Å². The maximum absolute atomic E-state index is 11.9. The normalized spacial score (nSPS) is 24.5. The third-order valence-electron chi connectivity index (χ3n) is 3.88. The molecule has 2 rings (SSSR count). The number of nitrogens with one attached hydrogen (secondary N) is 2. The highest BCUT2D eigenvalue weighted by atomic mass is 32.2. The summed E-state index contributed by atoms with van der Waals surface area (Å²) >= 11 is 1.87. The van der Waals surface area contributed by atoms with Gasteiger partial charge in [0.2, 0.25) is 0 Å². The molecule has 5 nitrogen and oxygen atoms in total. The van der Waals surface area contributed by atoms with Crippen LogP contribution in [0.15, 0.2) is 22.8 Å². The Morgan fingerprint density at radius 2 is 2.38 bits per heavy atom. The van der Waals surface area contributed by atoms with Gasteiger partial charge in [-0.1, -0.05) is 0 Å². The van der Waals surface area contributed by atoms with Gasteiger partial charge in [0.1, 0.15) is 11.9 Å². The zero-order valence-electron chi connectivity index (χ0n) is 12.5. The largest absolute Gasteiger partial charge is 0.467 e. The number of hydrogen-bond acceptors (Lipinski definition) is 4. The Kier molecular flexibility index (Phi) is 5.99. The summed E-state index contributed by atoms with van der Waals surface area (Å²) in [5.41, 5.74) is 0. The highest BCUT2D eigenvalue weighted by molar-refractivity contribution is 7.99. The molecule has 118 valence electrons. The standard InChI is InChI=1S/C15H24N2O3S/c1-10(8-13(18)14-4-3-7-20-14)16-15(19)17-11-5-6-12(9-11)21-2/h3-4,7,10-13,18H,5-6,8-9H2,1-2H3,(H2,16,17,19)/t10-,11-,12+,13+/m0/s1. The van der Waals surface area contributed by atoms with Crippen molar-refractivity contribution in [1.29, 1.82) is 0 Å². The lowest BCUT2D eigenvalue weighted by molar-refractivity contribution is 0.129. The zero-order valence-corrected chi connectivity index (χ0v) is 13.4. The van der Waals surface area contributed by atoms with Crippen molar-refractivity contribution < 1.29 is 14.3 Å². The van der Waals surface area contributed by atoms with Crippen LogP contribution in [0, 0.1) is 0 Å². The lowest BCUT2D eigenvalue weighted by atomic mass is 10.1. The van der Waals surface area contributed by atoms with Crippen LogP contribution in [-0.2, 0) is 0 Å². The van der Waals surface area contributed by atoms with Crippen LogP contribution in [0.25, 0.3) is 0 Å². The number of aliphatic hydroxyl groups is 1. The molecule has 0 spiro atoms. The number of thioether (sulfide) groups is 1. The number of urea groups is 1. The Morgan fingerprint density at radius 3 is 3.00 bits per heavy atom. The Balaban J connectivity index is 1.70. The first-order valence-corrected chi connectivity index (χ1v) is 8.68. The summed E-state index contributed by atoms with van der Waals surface area (Å²) in [5, 5.41) is 16.5. The minimum absolute atomic E-state index is 0.122. The van der Waals surface area contributed by atoms with Crippen molar-refractivity contribution in [3.05, 3.63) is 24.2 Å². The van der Waals surface area contributed by atoms with Gasteiger partial charge in [0.15, 0.2) is 0 Å². The van der Waals surface area contributed by atoms with Crippen molar-refractivity contribution in [2.24, 2.45) is 0 Å². The predicted octanol–water partition coefficient (Wildman–Crippen LogP) is 2.67. The Hall–Kier alpha value is -1.14. The molecule has 21 heavy (non-hydrogen) atoms. The molecule has 0 saturated heterocycles. The van der Waals surface area contributed by atoms with Gasteiger partial charge in [0.25, 0.3) is 0 Å². The van der Waals surface area contributed by atoms with Crippen LogP contribution < -0.4 is 10.6 Å². The van der Waals surface area contributed by atoms with E-state index in [9.17, 15) is 9.90 Å². The van der Waals surface area contributed by atoms with Gasteiger partial charge < -0.3 is 20.2 Å². The maximum Gasteiger partial charge on any atom is 0.315 e. The van der Waals surface area contributed by atoms with Gasteiger partial charge in [-0.2, -0.15) is 11.8 Å². The van der Waals surface area contributed by atoms with E-state index >= 15 is 0 Å². The zero-order chi connectivity index (χ0) is 15.2. The van der Waals surface area contributed by atoms with E-state index in [2.05, 4.69) is 16.9 Å². The molecule has 3 N–H and O–H groups in total. The summed E-state index contributed by atoms with van der Waals surface area (Å²) in [6.07, 6.45) is 6.64. The number of carbonyl (C=O) groups excluding carboxylic acids is 1. The molecule has 4 atom stereocenters. The monoisotopic (exact) mass is 312 g/mol. The number of amides is 2. The first-order chi connectivity index (χ1) is 10.1. The van der Waals surface area contributed by atoms with Crippen molar-refractivity contribution in [2.45, 2.75) is 56.0 Å². The van der Waals surface area contributed by atoms with Crippen LogP contribution in [0.2, 0.25) is 0 Å². The Bertz CT molecular complexity index is 438. The van der Waals surface area contributed by atoms with Crippen LogP contribution in [0.1, 0.15) is 44.5 Å². The molecule has 1 saturated carbocycles. The molecule has 0 bridgehead atoms. The third-order valence-corrected chi connectivity index (χ3v) is 4.97. The van der Waals surface area contributed by atoms with Crippen molar-refractivity contribution in [3.8, 4) is 0 Å². The van der Waals surface area contributed by atoms with Gasteiger partial charge in [-0.3, -0.25) is 0 Å². The predicted molar refractivity (Wildman–Crippen MR) is 84.4 cm³/mol. The second-order valence-corrected chi connectivity index (χ2v) is 6.79.